The summed E-state index contributed by atoms with van der Waals surface area (Å²) in [5, 5.41) is 11.9. The molecule has 0 aliphatic carbocycles. The number of H-pyrrole nitrogens is 1. The second kappa shape index (κ2) is 3.84. The number of benzene rings is 1. The highest BCUT2D eigenvalue weighted by Crippen LogP contribution is 2.16. The van der Waals surface area contributed by atoms with Gasteiger partial charge < -0.3 is 5.11 Å². The Labute approximate surface area is 91.3 Å². The number of nitrogens with one attached hydrogen (secondary N) is 1. The maximum absolute atomic E-state index is 11.5. The molecule has 0 saturated heterocycles. The van der Waals surface area contributed by atoms with Crippen molar-refractivity contribution in [1.29, 1.82) is 0 Å². The quantitative estimate of drug-likeness (QED) is 0.806. The van der Waals surface area contributed by atoms with Gasteiger partial charge in [-0.1, -0.05) is 12.1 Å². The number of carbonyl (C=O) groups is 1. The van der Waals surface area contributed by atoms with E-state index in [1.54, 1.807) is 23.9 Å². The van der Waals surface area contributed by atoms with Crippen LogP contribution in [0.1, 0.15) is 12.0 Å². The van der Waals surface area contributed by atoms with E-state index in [9.17, 15) is 9.59 Å². The first-order valence-electron chi connectivity index (χ1n) is 4.98. The first kappa shape index (κ1) is 10.5. The second-order valence-electron chi connectivity index (χ2n) is 3.71. The highest BCUT2D eigenvalue weighted by molar-refractivity contribution is 5.82. The minimum Gasteiger partial charge on any atom is -0.481 e. The third-order valence-electron chi connectivity index (χ3n) is 2.58. The molecule has 1 heterocycles. The molecular weight excluding hydrogens is 208 g/mol. The molecule has 0 fully saturated rings. The highest BCUT2D eigenvalue weighted by Gasteiger charge is 2.09. The average Bonchev–Trinajstić information content (AvgIpc) is 2.52. The lowest BCUT2D eigenvalue weighted by atomic mass is 10.1. The van der Waals surface area contributed by atoms with Crippen molar-refractivity contribution in [2.24, 2.45) is 7.05 Å². The number of carboxylic acid groups (broad SMARTS) is 1. The summed E-state index contributed by atoms with van der Waals surface area (Å²) in [6.45, 7) is 0. The molecule has 5 heteroatoms. The third kappa shape index (κ3) is 1.71. The van der Waals surface area contributed by atoms with Gasteiger partial charge >= 0.3 is 5.97 Å². The number of aromatic amines is 1. The van der Waals surface area contributed by atoms with E-state index in [0.717, 1.165) is 11.1 Å². The third-order valence-corrected chi connectivity index (χ3v) is 2.58. The van der Waals surface area contributed by atoms with Crippen LogP contribution >= 0.6 is 0 Å². The number of nitrogens with zero attached hydrogens (tertiary/aromatic N) is 1. The van der Waals surface area contributed by atoms with Gasteiger partial charge in [0, 0.05) is 13.5 Å². The zero-order valence-electron chi connectivity index (χ0n) is 8.86. The lowest BCUT2D eigenvalue weighted by Gasteiger charge is -2.03. The van der Waals surface area contributed by atoms with Gasteiger partial charge in [0.05, 0.1) is 10.9 Å². The molecule has 0 aliphatic rings. The van der Waals surface area contributed by atoms with E-state index in [0.29, 0.717) is 11.8 Å². The lowest BCUT2D eigenvalue weighted by Crippen LogP contribution is -2.01. The number of aliphatic carboxylic acids is 1. The normalized spacial score (nSPS) is 10.8. The Bertz CT molecular complexity index is 595. The van der Waals surface area contributed by atoms with Crippen molar-refractivity contribution in [3.63, 3.8) is 0 Å². The van der Waals surface area contributed by atoms with Gasteiger partial charge in [0.15, 0.2) is 0 Å². The van der Waals surface area contributed by atoms with Crippen LogP contribution < -0.4 is 5.56 Å². The van der Waals surface area contributed by atoms with Crippen molar-refractivity contribution in [3.8, 4) is 0 Å². The fourth-order valence-electron chi connectivity index (χ4n) is 1.88. The zero-order valence-corrected chi connectivity index (χ0v) is 8.86. The molecule has 2 aromatic rings. The van der Waals surface area contributed by atoms with Crippen molar-refractivity contribution in [1.82, 2.24) is 9.78 Å². The molecule has 0 aliphatic heterocycles. The lowest BCUT2D eigenvalue weighted by molar-refractivity contribution is -0.136. The topological polar surface area (TPSA) is 75.1 Å². The molecule has 2 N–H and O–H groups in total. The van der Waals surface area contributed by atoms with Crippen LogP contribution in [0, 0.1) is 0 Å². The van der Waals surface area contributed by atoms with Gasteiger partial charge in [0.1, 0.15) is 0 Å². The van der Waals surface area contributed by atoms with E-state index >= 15 is 0 Å². The second-order valence-corrected chi connectivity index (χ2v) is 3.71. The summed E-state index contributed by atoms with van der Waals surface area (Å²) >= 11 is 0. The van der Waals surface area contributed by atoms with Crippen molar-refractivity contribution < 1.29 is 9.90 Å². The molecule has 2 rings (SSSR count). The van der Waals surface area contributed by atoms with Gasteiger partial charge in [-0.05, 0) is 18.1 Å². The maximum atomic E-state index is 11.5. The van der Waals surface area contributed by atoms with Crippen molar-refractivity contribution in [2.45, 2.75) is 12.8 Å². The van der Waals surface area contributed by atoms with Crippen molar-refractivity contribution in [3.05, 3.63) is 34.1 Å². The number of carboxylic acids is 1. The maximum Gasteiger partial charge on any atom is 0.303 e. The van der Waals surface area contributed by atoms with Crippen LogP contribution in [0.4, 0.5) is 0 Å². The number of fused-ring (bicyclic) bond motifs is 1. The summed E-state index contributed by atoms with van der Waals surface area (Å²) in [5.41, 5.74) is 1.52. The van der Waals surface area contributed by atoms with Crippen LogP contribution in [0.15, 0.2) is 23.0 Å². The van der Waals surface area contributed by atoms with Crippen LogP contribution in [-0.2, 0) is 18.3 Å². The molecule has 0 radical (unpaired) electrons. The molecule has 0 spiro atoms. The number of hydrogen-bond donors (Lipinski definition) is 2. The largest absolute Gasteiger partial charge is 0.481 e. The Morgan fingerprint density at radius 2 is 2.25 bits per heavy atom. The van der Waals surface area contributed by atoms with Crippen LogP contribution in [0.25, 0.3) is 10.9 Å². The first-order valence-corrected chi connectivity index (χ1v) is 4.98. The van der Waals surface area contributed by atoms with E-state index in [2.05, 4.69) is 5.10 Å². The van der Waals surface area contributed by atoms with Gasteiger partial charge in [-0.3, -0.25) is 19.4 Å². The molecule has 0 saturated carbocycles. The van der Waals surface area contributed by atoms with Crippen molar-refractivity contribution in [2.75, 3.05) is 0 Å². The summed E-state index contributed by atoms with van der Waals surface area (Å²) in [7, 11) is 1.74. The molecule has 0 amide bonds. The van der Waals surface area contributed by atoms with E-state index in [-0.39, 0.29) is 12.0 Å². The molecule has 1 aromatic carbocycles. The van der Waals surface area contributed by atoms with Crippen LogP contribution in [0.2, 0.25) is 0 Å². The number of rotatable bonds is 3. The van der Waals surface area contributed by atoms with Gasteiger partial charge in [-0.2, -0.15) is 0 Å². The number of aromatic nitrogens is 2. The van der Waals surface area contributed by atoms with Crippen LogP contribution in [-0.4, -0.2) is 20.9 Å². The summed E-state index contributed by atoms with van der Waals surface area (Å²) in [4.78, 5) is 22.0. The Morgan fingerprint density at radius 3 is 2.94 bits per heavy atom. The van der Waals surface area contributed by atoms with Gasteiger partial charge in [0.25, 0.3) is 5.56 Å². The zero-order chi connectivity index (χ0) is 11.7. The molecule has 0 unspecified atom stereocenters. The Balaban J connectivity index is 2.53. The minimum atomic E-state index is -0.836. The van der Waals surface area contributed by atoms with Gasteiger partial charge in [0.2, 0.25) is 0 Å². The smallest absolute Gasteiger partial charge is 0.303 e. The standard InChI is InChI=1S/C11H12N2O3/c1-13-10-7(5-6-9(14)15)3-2-4-8(10)11(16)12-13/h2-4H,5-6H2,1H3,(H,12,16)(H,14,15). The molecule has 0 atom stereocenters. The number of aryl methyl sites for hydroxylation is 2. The highest BCUT2D eigenvalue weighted by atomic mass is 16.4. The average molecular weight is 220 g/mol. The predicted molar refractivity (Wildman–Crippen MR) is 59.5 cm³/mol. The van der Waals surface area contributed by atoms with Crippen LogP contribution in [0.3, 0.4) is 0 Å². The van der Waals surface area contributed by atoms with E-state index in [1.807, 2.05) is 6.07 Å². The fraction of sp³-hybridized carbons (Fsp3) is 0.273. The molecule has 16 heavy (non-hydrogen) atoms. The van der Waals surface area contributed by atoms with Crippen LogP contribution in [0.5, 0.6) is 0 Å². The summed E-state index contributed by atoms with van der Waals surface area (Å²) < 4.78 is 1.63. The number of hydrogen-bond acceptors (Lipinski definition) is 2. The SMILES string of the molecule is Cn1[nH]c(=O)c2cccc(CCC(=O)O)c21. The van der Waals surface area contributed by atoms with E-state index in [4.69, 9.17) is 5.11 Å². The monoisotopic (exact) mass is 220 g/mol. The first-order chi connectivity index (χ1) is 7.59. The van der Waals surface area contributed by atoms with E-state index < -0.39 is 5.97 Å². The van der Waals surface area contributed by atoms with Gasteiger partial charge in [-0.25, -0.2) is 0 Å². The summed E-state index contributed by atoms with van der Waals surface area (Å²) in [6, 6.07) is 5.35. The predicted octanol–water partition coefficient (Wildman–Crippen LogP) is 0.884. The Morgan fingerprint density at radius 1 is 1.50 bits per heavy atom. The molecule has 1 aromatic heterocycles. The summed E-state index contributed by atoms with van der Waals surface area (Å²) in [5.74, 6) is -0.836. The van der Waals surface area contributed by atoms with E-state index in [1.165, 1.54) is 0 Å². The number of para-hydroxylation sites is 1. The summed E-state index contributed by atoms with van der Waals surface area (Å²) in [6.07, 6.45) is 0.496. The Hall–Kier alpha value is -2.04. The Kier molecular flexibility index (Phi) is 2.52. The molecule has 0 bridgehead atoms. The fourth-order valence-corrected chi connectivity index (χ4v) is 1.88. The molecule has 5 nitrogen and oxygen atoms in total. The molecule has 84 valence electrons. The van der Waals surface area contributed by atoms with Gasteiger partial charge in [-0.15, -0.1) is 0 Å². The molecular formula is C11H12N2O3. The minimum absolute atomic E-state index is 0.0679. The van der Waals surface area contributed by atoms with Crippen molar-refractivity contribution >= 4 is 16.9 Å².